The molecule has 0 fully saturated rings. The SMILES string of the molecule is CC/C=C/C/C=C/C/C=C/CCCCCCCC(=O)OCC(COC(=O)CCCCCCCCCCCCCCC)OC(=O)CCCCCCC/C=C/C/C=C/CCCCC. The van der Waals surface area contributed by atoms with Crippen LogP contribution >= 0.6 is 0 Å². The van der Waals surface area contributed by atoms with Crippen LogP contribution in [0.1, 0.15) is 252 Å². The molecule has 0 aromatic heterocycles. The highest BCUT2D eigenvalue weighted by molar-refractivity contribution is 5.71. The summed E-state index contributed by atoms with van der Waals surface area (Å²) in [5, 5.41) is 0. The second kappa shape index (κ2) is 49.8. The van der Waals surface area contributed by atoms with Gasteiger partial charge in [-0.15, -0.1) is 0 Å². The van der Waals surface area contributed by atoms with Crippen molar-refractivity contribution in [2.75, 3.05) is 13.2 Å². The van der Waals surface area contributed by atoms with Gasteiger partial charge in [0, 0.05) is 19.3 Å². The number of unbranched alkanes of at least 4 members (excludes halogenated alkanes) is 25. The van der Waals surface area contributed by atoms with E-state index < -0.39 is 6.10 Å². The molecule has 61 heavy (non-hydrogen) atoms. The lowest BCUT2D eigenvalue weighted by Gasteiger charge is -2.18. The van der Waals surface area contributed by atoms with Crippen molar-refractivity contribution in [3.8, 4) is 0 Å². The monoisotopic (exact) mass is 853 g/mol. The minimum Gasteiger partial charge on any atom is -0.462 e. The summed E-state index contributed by atoms with van der Waals surface area (Å²) >= 11 is 0. The van der Waals surface area contributed by atoms with Crippen LogP contribution in [0.5, 0.6) is 0 Å². The zero-order chi connectivity index (χ0) is 44.4. The van der Waals surface area contributed by atoms with Gasteiger partial charge in [-0.3, -0.25) is 14.4 Å². The first-order valence-corrected chi connectivity index (χ1v) is 25.8. The van der Waals surface area contributed by atoms with Crippen molar-refractivity contribution < 1.29 is 28.6 Å². The molecule has 6 nitrogen and oxygen atoms in total. The first-order valence-electron chi connectivity index (χ1n) is 25.8. The van der Waals surface area contributed by atoms with E-state index in [-0.39, 0.29) is 31.1 Å². The summed E-state index contributed by atoms with van der Waals surface area (Å²) in [6.45, 7) is 6.48. The standard InChI is InChI=1S/C55H96O6/c1-4-7-10-13-16-19-22-25-27-30-33-36-39-42-45-48-54(57)60-51-52(50-59-53(56)47-44-41-38-35-32-29-24-21-18-15-12-9-6-3)61-55(58)49-46-43-40-37-34-31-28-26-23-20-17-14-11-8-5-2/h7,10,16-17,19-20,25-28,52H,4-6,8-9,11-15,18,21-24,29-51H2,1-3H3/b10-7+,19-16+,20-17+,27-25+,28-26+. The van der Waals surface area contributed by atoms with Crippen molar-refractivity contribution >= 4 is 17.9 Å². The van der Waals surface area contributed by atoms with E-state index >= 15 is 0 Å². The van der Waals surface area contributed by atoms with E-state index in [1.54, 1.807) is 0 Å². The smallest absolute Gasteiger partial charge is 0.306 e. The summed E-state index contributed by atoms with van der Waals surface area (Å²) in [4.78, 5) is 38.0. The average molecular weight is 853 g/mol. The highest BCUT2D eigenvalue weighted by Gasteiger charge is 2.19. The molecule has 0 aliphatic rings. The number of carbonyl (C=O) groups is 3. The molecular weight excluding hydrogens is 757 g/mol. The number of carbonyl (C=O) groups excluding carboxylic acids is 3. The zero-order valence-corrected chi connectivity index (χ0v) is 40.2. The Hall–Kier alpha value is -2.89. The molecule has 0 bridgehead atoms. The molecular formula is C55H96O6. The fourth-order valence-corrected chi connectivity index (χ4v) is 7.13. The number of allylic oxidation sites excluding steroid dienone is 10. The molecule has 352 valence electrons. The van der Waals surface area contributed by atoms with Gasteiger partial charge in [0.05, 0.1) is 0 Å². The van der Waals surface area contributed by atoms with Crippen LogP contribution in [0.25, 0.3) is 0 Å². The predicted octanol–water partition coefficient (Wildman–Crippen LogP) is 16.9. The lowest BCUT2D eigenvalue weighted by Crippen LogP contribution is -2.30. The van der Waals surface area contributed by atoms with Crippen LogP contribution in [0, 0.1) is 0 Å². The van der Waals surface area contributed by atoms with Crippen molar-refractivity contribution in [3.63, 3.8) is 0 Å². The van der Waals surface area contributed by atoms with Gasteiger partial charge in [0.15, 0.2) is 6.10 Å². The maximum absolute atomic E-state index is 12.8. The Bertz CT molecular complexity index is 1120. The Morgan fingerprint density at radius 2 is 0.639 bits per heavy atom. The Labute approximate surface area is 377 Å². The van der Waals surface area contributed by atoms with Gasteiger partial charge in [0.1, 0.15) is 13.2 Å². The van der Waals surface area contributed by atoms with Gasteiger partial charge in [0.25, 0.3) is 0 Å². The summed E-state index contributed by atoms with van der Waals surface area (Å²) in [5.74, 6) is -0.911. The first-order chi connectivity index (χ1) is 30.0. The van der Waals surface area contributed by atoms with Crippen molar-refractivity contribution in [2.45, 2.75) is 258 Å². The quantitative estimate of drug-likeness (QED) is 0.0263. The molecule has 1 unspecified atom stereocenters. The molecule has 0 aliphatic carbocycles. The fourth-order valence-electron chi connectivity index (χ4n) is 7.13. The fraction of sp³-hybridized carbons (Fsp3) is 0.764. The molecule has 1 atom stereocenters. The van der Waals surface area contributed by atoms with Crippen LogP contribution in [0.4, 0.5) is 0 Å². The Morgan fingerprint density at radius 3 is 1.03 bits per heavy atom. The van der Waals surface area contributed by atoms with E-state index in [0.29, 0.717) is 19.3 Å². The summed E-state index contributed by atoms with van der Waals surface area (Å²) < 4.78 is 16.8. The van der Waals surface area contributed by atoms with Crippen LogP contribution < -0.4 is 0 Å². The van der Waals surface area contributed by atoms with Crippen LogP contribution in [0.3, 0.4) is 0 Å². The summed E-state index contributed by atoms with van der Waals surface area (Å²) in [6, 6.07) is 0. The first kappa shape index (κ1) is 58.1. The molecule has 0 N–H and O–H groups in total. The Kier molecular flexibility index (Phi) is 47.4. The van der Waals surface area contributed by atoms with E-state index in [4.69, 9.17) is 14.2 Å². The van der Waals surface area contributed by atoms with Crippen molar-refractivity contribution in [1.82, 2.24) is 0 Å². The van der Waals surface area contributed by atoms with E-state index in [2.05, 4.69) is 81.5 Å². The molecule has 0 heterocycles. The van der Waals surface area contributed by atoms with Gasteiger partial charge >= 0.3 is 17.9 Å². The summed E-state index contributed by atoms with van der Waals surface area (Å²) in [6.07, 6.45) is 60.5. The van der Waals surface area contributed by atoms with Gasteiger partial charge in [0.2, 0.25) is 0 Å². The number of hydrogen-bond acceptors (Lipinski definition) is 6. The normalized spacial score (nSPS) is 12.5. The topological polar surface area (TPSA) is 78.9 Å². The molecule has 0 spiro atoms. The molecule has 0 amide bonds. The number of esters is 3. The minimum atomic E-state index is -0.786. The lowest BCUT2D eigenvalue weighted by molar-refractivity contribution is -0.167. The van der Waals surface area contributed by atoms with E-state index in [0.717, 1.165) is 122 Å². The van der Waals surface area contributed by atoms with Gasteiger partial charge in [-0.2, -0.15) is 0 Å². The zero-order valence-electron chi connectivity index (χ0n) is 40.2. The molecule has 0 aliphatic heterocycles. The molecule has 0 aromatic rings. The highest BCUT2D eigenvalue weighted by Crippen LogP contribution is 2.15. The summed E-state index contributed by atoms with van der Waals surface area (Å²) in [7, 11) is 0. The number of ether oxygens (including phenoxy) is 3. The van der Waals surface area contributed by atoms with Gasteiger partial charge in [-0.1, -0.05) is 210 Å². The third-order valence-corrected chi connectivity index (χ3v) is 11.0. The third kappa shape index (κ3) is 48.0. The van der Waals surface area contributed by atoms with Crippen LogP contribution in [-0.2, 0) is 28.6 Å². The maximum Gasteiger partial charge on any atom is 0.306 e. The second-order valence-electron chi connectivity index (χ2n) is 17.1. The minimum absolute atomic E-state index is 0.0838. The molecule has 0 saturated carbocycles. The van der Waals surface area contributed by atoms with Crippen LogP contribution in [0.15, 0.2) is 60.8 Å². The van der Waals surface area contributed by atoms with Crippen molar-refractivity contribution in [2.24, 2.45) is 0 Å². The Morgan fingerprint density at radius 1 is 0.344 bits per heavy atom. The summed E-state index contributed by atoms with van der Waals surface area (Å²) in [5.41, 5.74) is 0. The molecule has 0 aromatic carbocycles. The Balaban J connectivity index is 4.42. The predicted molar refractivity (Wildman–Crippen MR) is 261 cm³/mol. The van der Waals surface area contributed by atoms with Crippen LogP contribution in [0.2, 0.25) is 0 Å². The number of hydrogen-bond donors (Lipinski definition) is 0. The largest absolute Gasteiger partial charge is 0.462 e. The van der Waals surface area contributed by atoms with E-state index in [1.165, 1.54) is 89.9 Å². The third-order valence-electron chi connectivity index (χ3n) is 11.0. The van der Waals surface area contributed by atoms with Gasteiger partial charge < -0.3 is 14.2 Å². The molecule has 0 saturated heterocycles. The molecule has 0 rings (SSSR count). The lowest BCUT2D eigenvalue weighted by atomic mass is 10.0. The van der Waals surface area contributed by atoms with E-state index in [1.807, 2.05) is 0 Å². The molecule has 0 radical (unpaired) electrons. The maximum atomic E-state index is 12.8. The van der Waals surface area contributed by atoms with Crippen molar-refractivity contribution in [3.05, 3.63) is 60.8 Å². The van der Waals surface area contributed by atoms with Gasteiger partial charge in [-0.25, -0.2) is 0 Å². The van der Waals surface area contributed by atoms with Crippen LogP contribution in [-0.4, -0.2) is 37.2 Å². The van der Waals surface area contributed by atoms with Gasteiger partial charge in [-0.05, 0) is 83.5 Å². The highest BCUT2D eigenvalue weighted by atomic mass is 16.6. The number of rotatable bonds is 46. The van der Waals surface area contributed by atoms with E-state index in [9.17, 15) is 14.4 Å². The average Bonchev–Trinajstić information content (AvgIpc) is 3.26. The molecule has 6 heteroatoms. The second-order valence-corrected chi connectivity index (χ2v) is 17.1. The van der Waals surface area contributed by atoms with Crippen molar-refractivity contribution in [1.29, 1.82) is 0 Å².